The molecule has 0 fully saturated rings. The lowest BCUT2D eigenvalue weighted by Crippen LogP contribution is -2.33. The molecule has 1 aromatic carbocycles. The van der Waals surface area contributed by atoms with Crippen molar-refractivity contribution < 1.29 is 14.5 Å². The van der Waals surface area contributed by atoms with E-state index in [1.807, 2.05) is 6.07 Å². The minimum absolute atomic E-state index is 0.0489. The third-order valence-corrected chi connectivity index (χ3v) is 2.94. The Morgan fingerprint density at radius 2 is 2.09 bits per heavy atom. The summed E-state index contributed by atoms with van der Waals surface area (Å²) in [5.41, 5.74) is 1.13. The summed E-state index contributed by atoms with van der Waals surface area (Å²) in [6.07, 6.45) is 0.126. The Labute approximate surface area is 127 Å². The molecule has 118 valence electrons. The Morgan fingerprint density at radius 3 is 2.73 bits per heavy atom. The third-order valence-electron chi connectivity index (χ3n) is 2.94. The molecule has 7 nitrogen and oxygen atoms in total. The number of aromatic nitrogens is 1. The van der Waals surface area contributed by atoms with Crippen LogP contribution in [-0.2, 0) is 11.2 Å². The van der Waals surface area contributed by atoms with Crippen molar-refractivity contribution in [3.05, 3.63) is 40.1 Å². The number of hydrogen-bond donors (Lipinski definition) is 2. The summed E-state index contributed by atoms with van der Waals surface area (Å²) < 4.78 is 5.14. The summed E-state index contributed by atoms with van der Waals surface area (Å²) in [6, 6.07) is 6.59. The molecular formula is C15H19N3O4. The largest absolute Gasteiger partial charge is 0.444 e. The van der Waals surface area contributed by atoms with Crippen LogP contribution < -0.4 is 5.32 Å². The Hall–Kier alpha value is -2.57. The maximum atomic E-state index is 11.5. The molecule has 0 saturated heterocycles. The zero-order valence-electron chi connectivity index (χ0n) is 12.8. The van der Waals surface area contributed by atoms with E-state index in [1.165, 1.54) is 12.1 Å². The number of benzene rings is 1. The number of nitro benzene ring substituents is 1. The molecule has 2 N–H and O–H groups in total. The number of hydrogen-bond acceptors (Lipinski definition) is 4. The summed E-state index contributed by atoms with van der Waals surface area (Å²) in [5.74, 6) is 0. The lowest BCUT2D eigenvalue weighted by atomic mass is 10.2. The molecule has 0 aliphatic carbocycles. The van der Waals surface area contributed by atoms with Crippen molar-refractivity contribution in [1.82, 2.24) is 10.3 Å². The van der Waals surface area contributed by atoms with Crippen LogP contribution in [0.5, 0.6) is 0 Å². The van der Waals surface area contributed by atoms with E-state index in [0.29, 0.717) is 18.5 Å². The molecule has 7 heteroatoms. The minimum Gasteiger partial charge on any atom is -0.444 e. The Morgan fingerprint density at radius 1 is 1.36 bits per heavy atom. The summed E-state index contributed by atoms with van der Waals surface area (Å²) in [6.45, 7) is 5.83. The first-order chi connectivity index (χ1) is 10.2. The molecule has 0 aliphatic heterocycles. The maximum absolute atomic E-state index is 11.5. The van der Waals surface area contributed by atoms with Gasteiger partial charge in [-0.25, -0.2) is 4.79 Å². The fourth-order valence-electron chi connectivity index (χ4n) is 2.04. The van der Waals surface area contributed by atoms with Crippen LogP contribution in [0.4, 0.5) is 10.5 Å². The summed E-state index contributed by atoms with van der Waals surface area (Å²) in [7, 11) is 0. The number of aromatic amines is 1. The Kier molecular flexibility index (Phi) is 4.35. The molecule has 0 spiro atoms. The molecule has 0 bridgehead atoms. The van der Waals surface area contributed by atoms with Gasteiger partial charge < -0.3 is 15.0 Å². The van der Waals surface area contributed by atoms with Gasteiger partial charge in [-0.05, 0) is 32.9 Å². The predicted octanol–water partition coefficient (Wildman–Crippen LogP) is 3.14. The lowest BCUT2D eigenvalue weighted by Gasteiger charge is -2.19. The van der Waals surface area contributed by atoms with Gasteiger partial charge in [0.1, 0.15) is 5.60 Å². The molecule has 2 rings (SSSR count). The number of fused-ring (bicyclic) bond motifs is 1. The van der Waals surface area contributed by atoms with E-state index in [-0.39, 0.29) is 5.69 Å². The van der Waals surface area contributed by atoms with Crippen LogP contribution in [0, 0.1) is 10.1 Å². The number of nitrogens with one attached hydrogen (secondary N) is 2. The molecule has 0 unspecified atom stereocenters. The fourth-order valence-corrected chi connectivity index (χ4v) is 2.04. The van der Waals surface area contributed by atoms with E-state index in [4.69, 9.17) is 4.74 Å². The van der Waals surface area contributed by atoms with Gasteiger partial charge in [-0.1, -0.05) is 0 Å². The highest BCUT2D eigenvalue weighted by atomic mass is 16.6. The highest BCUT2D eigenvalue weighted by Crippen LogP contribution is 2.21. The van der Waals surface area contributed by atoms with Crippen molar-refractivity contribution in [3.8, 4) is 0 Å². The second-order valence-electron chi connectivity index (χ2n) is 6.00. The predicted molar refractivity (Wildman–Crippen MR) is 82.9 cm³/mol. The van der Waals surface area contributed by atoms with Crippen molar-refractivity contribution in [1.29, 1.82) is 0 Å². The van der Waals surface area contributed by atoms with Crippen molar-refractivity contribution in [2.45, 2.75) is 32.8 Å². The third kappa shape index (κ3) is 4.21. The molecular weight excluding hydrogens is 286 g/mol. The molecule has 1 aromatic heterocycles. The van der Waals surface area contributed by atoms with E-state index >= 15 is 0 Å². The van der Waals surface area contributed by atoms with Crippen molar-refractivity contribution in [3.63, 3.8) is 0 Å². The van der Waals surface area contributed by atoms with Gasteiger partial charge in [-0.15, -0.1) is 0 Å². The van der Waals surface area contributed by atoms with Gasteiger partial charge in [-0.2, -0.15) is 0 Å². The average molecular weight is 305 g/mol. The number of non-ortho nitro benzene ring substituents is 1. The Balaban J connectivity index is 1.95. The van der Waals surface area contributed by atoms with Gasteiger partial charge in [0.25, 0.3) is 5.69 Å². The van der Waals surface area contributed by atoms with Crippen molar-refractivity contribution >= 4 is 22.7 Å². The van der Waals surface area contributed by atoms with Crippen LogP contribution in [0.25, 0.3) is 10.9 Å². The van der Waals surface area contributed by atoms with Gasteiger partial charge in [0, 0.05) is 36.2 Å². The number of H-pyrrole nitrogens is 1. The van der Waals surface area contributed by atoms with Crippen molar-refractivity contribution in [2.24, 2.45) is 0 Å². The molecule has 1 heterocycles. The molecule has 1 amide bonds. The van der Waals surface area contributed by atoms with Crippen LogP contribution >= 0.6 is 0 Å². The normalized spacial score (nSPS) is 11.4. The molecule has 2 aromatic rings. The SMILES string of the molecule is CC(C)(C)OC(=O)NCCc1cc2ccc([N+](=O)[O-])cc2[nH]1. The first-order valence-corrected chi connectivity index (χ1v) is 6.97. The standard InChI is InChI=1S/C15H19N3O4/c1-15(2,3)22-14(19)16-7-6-11-8-10-4-5-12(18(20)21)9-13(10)17-11/h4-5,8-9,17H,6-7H2,1-3H3,(H,16,19). The molecule has 0 aliphatic rings. The second-order valence-corrected chi connectivity index (χ2v) is 6.00. The van der Waals surface area contributed by atoms with E-state index in [0.717, 1.165) is 11.1 Å². The monoisotopic (exact) mass is 305 g/mol. The first kappa shape index (κ1) is 15.8. The van der Waals surface area contributed by atoms with Crippen LogP contribution in [0.1, 0.15) is 26.5 Å². The van der Waals surface area contributed by atoms with E-state index in [2.05, 4.69) is 10.3 Å². The summed E-state index contributed by atoms with van der Waals surface area (Å²) in [4.78, 5) is 25.0. The van der Waals surface area contributed by atoms with Crippen LogP contribution in [0.3, 0.4) is 0 Å². The van der Waals surface area contributed by atoms with Gasteiger partial charge in [0.05, 0.1) is 10.4 Å². The molecule has 22 heavy (non-hydrogen) atoms. The van der Waals surface area contributed by atoms with Gasteiger partial charge in [-0.3, -0.25) is 10.1 Å². The van der Waals surface area contributed by atoms with Crippen LogP contribution in [0.15, 0.2) is 24.3 Å². The molecule has 0 radical (unpaired) electrons. The number of nitrogens with zero attached hydrogens (tertiary/aromatic N) is 1. The van der Waals surface area contributed by atoms with E-state index in [1.54, 1.807) is 26.8 Å². The highest BCUT2D eigenvalue weighted by Gasteiger charge is 2.15. The minimum atomic E-state index is -0.524. The topological polar surface area (TPSA) is 97.3 Å². The molecule has 0 saturated carbocycles. The Bertz CT molecular complexity index is 700. The summed E-state index contributed by atoms with van der Waals surface area (Å²) >= 11 is 0. The second kappa shape index (κ2) is 6.05. The van der Waals surface area contributed by atoms with Gasteiger partial charge in [0.15, 0.2) is 0 Å². The van der Waals surface area contributed by atoms with Gasteiger partial charge in [0.2, 0.25) is 0 Å². The number of alkyl carbamates (subject to hydrolysis) is 1. The quantitative estimate of drug-likeness (QED) is 0.669. The first-order valence-electron chi connectivity index (χ1n) is 6.97. The number of carbonyl (C=O) groups is 1. The van der Waals surface area contributed by atoms with Crippen LogP contribution in [-0.4, -0.2) is 28.1 Å². The average Bonchev–Trinajstić information content (AvgIpc) is 2.77. The van der Waals surface area contributed by atoms with Gasteiger partial charge >= 0.3 is 6.09 Å². The zero-order valence-corrected chi connectivity index (χ0v) is 12.8. The summed E-state index contributed by atoms with van der Waals surface area (Å²) in [5, 5.41) is 14.3. The number of rotatable bonds is 4. The smallest absolute Gasteiger partial charge is 0.407 e. The zero-order chi connectivity index (χ0) is 16.3. The maximum Gasteiger partial charge on any atom is 0.407 e. The van der Waals surface area contributed by atoms with Crippen molar-refractivity contribution in [2.75, 3.05) is 6.54 Å². The van der Waals surface area contributed by atoms with E-state index < -0.39 is 16.6 Å². The number of carbonyl (C=O) groups excluding carboxylic acids is 1. The molecule has 0 atom stereocenters. The number of amides is 1. The van der Waals surface area contributed by atoms with E-state index in [9.17, 15) is 14.9 Å². The lowest BCUT2D eigenvalue weighted by molar-refractivity contribution is -0.384. The number of ether oxygens (including phenoxy) is 1. The fraction of sp³-hybridized carbons (Fsp3) is 0.400. The number of nitro groups is 1. The van der Waals surface area contributed by atoms with Crippen LogP contribution in [0.2, 0.25) is 0 Å². The highest BCUT2D eigenvalue weighted by molar-refractivity contribution is 5.82.